The Kier molecular flexibility index (Phi) is 4.40. The highest BCUT2D eigenvalue weighted by atomic mass is 32.2. The van der Waals surface area contributed by atoms with Gasteiger partial charge in [-0.3, -0.25) is 0 Å². The summed E-state index contributed by atoms with van der Waals surface area (Å²) in [6, 6.07) is 6.98. The molecule has 0 atom stereocenters. The molecule has 6 heteroatoms. The second kappa shape index (κ2) is 6.23. The Morgan fingerprint density at radius 2 is 1.89 bits per heavy atom. The fourth-order valence-corrected chi connectivity index (χ4v) is 4.92. The molecule has 1 aliphatic rings. The van der Waals surface area contributed by atoms with Crippen LogP contribution in [0.4, 0.5) is 0 Å². The van der Waals surface area contributed by atoms with E-state index in [1.54, 1.807) is 0 Å². The number of thioether (sulfide) groups is 2. The van der Waals surface area contributed by atoms with Gasteiger partial charge in [-0.15, -0.1) is 0 Å². The summed E-state index contributed by atoms with van der Waals surface area (Å²) < 4.78 is 8.51. The van der Waals surface area contributed by atoms with Gasteiger partial charge in [-0.25, -0.2) is 0 Å². The number of aromatic nitrogens is 2. The van der Waals surface area contributed by atoms with Gasteiger partial charge in [0.25, 0.3) is 0 Å². The largest absolute Gasteiger partial charge is 0.308 e. The first-order valence-electron chi connectivity index (χ1n) is 6.02. The lowest BCUT2D eigenvalue weighted by molar-refractivity contribution is 0.604. The van der Waals surface area contributed by atoms with E-state index in [0.717, 1.165) is 17.6 Å². The van der Waals surface area contributed by atoms with E-state index in [1.807, 2.05) is 0 Å². The predicted octanol–water partition coefficient (Wildman–Crippen LogP) is 2.63. The molecule has 0 radical (unpaired) electrons. The molecule has 1 aromatic heterocycles. The molecule has 2 heterocycles. The molecule has 0 unspecified atom stereocenters. The SMILES string of the molecule is c1cc2nsnc2cc1CNC1CSCCSC1. The average molecular weight is 297 g/mol. The average Bonchev–Trinajstić information content (AvgIpc) is 2.70. The number of hydrogen-bond donors (Lipinski definition) is 1. The van der Waals surface area contributed by atoms with Gasteiger partial charge in [-0.05, 0) is 17.7 Å². The van der Waals surface area contributed by atoms with Gasteiger partial charge in [-0.1, -0.05) is 6.07 Å². The first kappa shape index (κ1) is 12.7. The summed E-state index contributed by atoms with van der Waals surface area (Å²) in [5, 5.41) is 3.65. The molecule has 1 fully saturated rings. The number of hydrogen-bond acceptors (Lipinski definition) is 6. The summed E-state index contributed by atoms with van der Waals surface area (Å²) in [5.41, 5.74) is 3.32. The number of fused-ring (bicyclic) bond motifs is 1. The molecule has 0 aliphatic carbocycles. The maximum atomic E-state index is 4.28. The summed E-state index contributed by atoms with van der Waals surface area (Å²) in [5.74, 6) is 5.04. The minimum absolute atomic E-state index is 0.631. The highest BCUT2D eigenvalue weighted by molar-refractivity contribution is 8.03. The van der Waals surface area contributed by atoms with Crippen LogP contribution in [-0.4, -0.2) is 37.8 Å². The van der Waals surface area contributed by atoms with Crippen LogP contribution in [0.3, 0.4) is 0 Å². The van der Waals surface area contributed by atoms with E-state index in [-0.39, 0.29) is 0 Å². The smallest absolute Gasteiger partial charge is 0.105 e. The van der Waals surface area contributed by atoms with Crippen molar-refractivity contribution in [2.45, 2.75) is 12.6 Å². The van der Waals surface area contributed by atoms with Crippen LogP contribution in [0, 0.1) is 0 Å². The Balaban J connectivity index is 1.61. The zero-order valence-electron chi connectivity index (χ0n) is 9.96. The van der Waals surface area contributed by atoms with Crippen molar-refractivity contribution in [3.63, 3.8) is 0 Å². The van der Waals surface area contributed by atoms with E-state index in [2.05, 4.69) is 55.8 Å². The van der Waals surface area contributed by atoms with Crippen LogP contribution in [-0.2, 0) is 6.54 Å². The van der Waals surface area contributed by atoms with Crippen molar-refractivity contribution < 1.29 is 0 Å². The molecule has 2 aromatic rings. The van der Waals surface area contributed by atoms with E-state index < -0.39 is 0 Å². The van der Waals surface area contributed by atoms with Gasteiger partial charge in [0, 0.05) is 35.6 Å². The normalized spacial score (nSPS) is 18.0. The third-order valence-corrected chi connectivity index (χ3v) is 6.00. The number of nitrogens with zero attached hydrogens (tertiary/aromatic N) is 2. The van der Waals surface area contributed by atoms with Crippen molar-refractivity contribution in [3.8, 4) is 0 Å². The predicted molar refractivity (Wildman–Crippen MR) is 82.7 cm³/mol. The molecule has 0 spiro atoms. The molecule has 1 saturated heterocycles. The second-order valence-electron chi connectivity index (χ2n) is 4.31. The number of benzene rings is 1. The fraction of sp³-hybridized carbons (Fsp3) is 0.500. The standard InChI is InChI=1S/C12H15N3S3/c1-2-11-12(15-18-14-11)5-9(1)6-13-10-7-16-3-4-17-8-10/h1-2,5,10,13H,3-4,6-8H2. The highest BCUT2D eigenvalue weighted by Gasteiger charge is 2.12. The minimum atomic E-state index is 0.631. The van der Waals surface area contributed by atoms with E-state index in [0.29, 0.717) is 6.04 Å². The Morgan fingerprint density at radius 3 is 2.72 bits per heavy atom. The molecule has 1 N–H and O–H groups in total. The Bertz CT molecular complexity index is 506. The zero-order chi connectivity index (χ0) is 12.2. The van der Waals surface area contributed by atoms with Crippen molar-refractivity contribution in [2.75, 3.05) is 23.0 Å². The number of rotatable bonds is 3. The van der Waals surface area contributed by atoms with Crippen molar-refractivity contribution in [1.29, 1.82) is 0 Å². The van der Waals surface area contributed by atoms with E-state index in [4.69, 9.17) is 0 Å². The minimum Gasteiger partial charge on any atom is -0.308 e. The van der Waals surface area contributed by atoms with Crippen molar-refractivity contribution in [2.24, 2.45) is 0 Å². The van der Waals surface area contributed by atoms with Gasteiger partial charge in [0.15, 0.2) is 0 Å². The summed E-state index contributed by atoms with van der Waals surface area (Å²) in [6.07, 6.45) is 0. The molecule has 1 aliphatic heterocycles. The molecule has 0 amide bonds. The third-order valence-electron chi connectivity index (χ3n) is 2.92. The summed E-state index contributed by atoms with van der Waals surface area (Å²) in [6.45, 7) is 0.930. The summed E-state index contributed by atoms with van der Waals surface area (Å²) in [7, 11) is 0. The van der Waals surface area contributed by atoms with E-state index in [9.17, 15) is 0 Å². The monoisotopic (exact) mass is 297 g/mol. The first-order valence-corrected chi connectivity index (χ1v) is 9.06. The lowest BCUT2D eigenvalue weighted by Gasteiger charge is -2.15. The van der Waals surface area contributed by atoms with Crippen molar-refractivity contribution >= 4 is 46.3 Å². The van der Waals surface area contributed by atoms with Gasteiger partial charge < -0.3 is 5.32 Å². The number of nitrogens with one attached hydrogen (secondary N) is 1. The Morgan fingerprint density at radius 1 is 1.11 bits per heavy atom. The quantitative estimate of drug-likeness (QED) is 0.943. The molecule has 18 heavy (non-hydrogen) atoms. The van der Waals surface area contributed by atoms with E-state index in [1.165, 1.54) is 40.3 Å². The van der Waals surface area contributed by atoms with Crippen LogP contribution in [0.5, 0.6) is 0 Å². The summed E-state index contributed by atoms with van der Waals surface area (Å²) in [4.78, 5) is 0. The fourth-order valence-electron chi connectivity index (χ4n) is 1.93. The molecule has 0 bridgehead atoms. The van der Waals surface area contributed by atoms with E-state index >= 15 is 0 Å². The summed E-state index contributed by atoms with van der Waals surface area (Å²) >= 11 is 5.40. The lowest BCUT2D eigenvalue weighted by Crippen LogP contribution is -2.32. The maximum Gasteiger partial charge on any atom is 0.105 e. The van der Waals surface area contributed by atoms with Crippen molar-refractivity contribution in [1.82, 2.24) is 14.1 Å². The highest BCUT2D eigenvalue weighted by Crippen LogP contribution is 2.17. The molecular formula is C12H15N3S3. The van der Waals surface area contributed by atoms with Gasteiger partial charge in [0.05, 0.1) is 11.7 Å². The van der Waals surface area contributed by atoms with Gasteiger partial charge in [0.2, 0.25) is 0 Å². The van der Waals surface area contributed by atoms with Crippen LogP contribution >= 0.6 is 35.3 Å². The van der Waals surface area contributed by atoms with Crippen LogP contribution in [0.2, 0.25) is 0 Å². The molecule has 3 rings (SSSR count). The molecule has 3 nitrogen and oxygen atoms in total. The molecular weight excluding hydrogens is 282 g/mol. The van der Waals surface area contributed by atoms with Crippen LogP contribution in [0.25, 0.3) is 11.0 Å². The third kappa shape index (κ3) is 3.17. The molecule has 0 saturated carbocycles. The molecule has 1 aromatic carbocycles. The molecule has 96 valence electrons. The zero-order valence-corrected chi connectivity index (χ0v) is 12.4. The first-order chi connectivity index (χ1) is 8.92. The second-order valence-corrected chi connectivity index (χ2v) is 7.14. The van der Waals surface area contributed by atoms with Crippen molar-refractivity contribution in [3.05, 3.63) is 23.8 Å². The lowest BCUT2D eigenvalue weighted by atomic mass is 10.2. The topological polar surface area (TPSA) is 37.8 Å². The van der Waals surface area contributed by atoms with Crippen LogP contribution in [0.15, 0.2) is 18.2 Å². The van der Waals surface area contributed by atoms with Crippen LogP contribution in [0.1, 0.15) is 5.56 Å². The maximum absolute atomic E-state index is 4.28. The van der Waals surface area contributed by atoms with Gasteiger partial charge in [0.1, 0.15) is 11.0 Å². The van der Waals surface area contributed by atoms with Crippen LogP contribution < -0.4 is 5.32 Å². The van der Waals surface area contributed by atoms with Gasteiger partial charge >= 0.3 is 0 Å². The Labute approximate surface area is 119 Å². The van der Waals surface area contributed by atoms with Gasteiger partial charge in [-0.2, -0.15) is 32.3 Å². The Hall–Kier alpha value is -0.300.